The topological polar surface area (TPSA) is 67.2 Å². The molecule has 3 rings (SSSR count). The van der Waals surface area contributed by atoms with Crippen LogP contribution in [-0.2, 0) is 0 Å². The maximum Gasteiger partial charge on any atom is 0.276 e. The van der Waals surface area contributed by atoms with E-state index in [9.17, 15) is 9.59 Å². The van der Waals surface area contributed by atoms with Crippen LogP contribution in [0.4, 0.5) is 11.4 Å². The average Bonchev–Trinajstić information content (AvgIpc) is 2.69. The number of benzene rings is 2. The predicted octanol–water partition coefficient (Wildman–Crippen LogP) is 4.46. The zero-order chi connectivity index (χ0) is 21.1. The Morgan fingerprint density at radius 2 is 1.66 bits per heavy atom. The molecule has 6 heteroatoms. The summed E-state index contributed by atoms with van der Waals surface area (Å²) in [5.74, 6) is -0.334. The molecule has 1 heterocycles. The zero-order valence-electron chi connectivity index (χ0n) is 17.6. The van der Waals surface area contributed by atoms with Crippen LogP contribution in [0.1, 0.15) is 51.1 Å². The molecule has 0 saturated carbocycles. The Morgan fingerprint density at radius 1 is 1.03 bits per heavy atom. The van der Waals surface area contributed by atoms with Gasteiger partial charge in [-0.05, 0) is 65.0 Å². The smallest absolute Gasteiger partial charge is 0.276 e. The Bertz CT molecular complexity index is 1070. The number of hydrogen-bond donors (Lipinski definition) is 1. The van der Waals surface area contributed by atoms with Gasteiger partial charge in [-0.15, -0.1) is 0 Å². The Hall–Kier alpha value is -3.15. The van der Waals surface area contributed by atoms with Crippen molar-refractivity contribution in [1.29, 1.82) is 0 Å². The number of carbonyl (C=O) groups excluding carboxylic acids is 1. The fraction of sp³-hybridized carbons (Fsp3) is 0.348. The molecular weight excluding hydrogens is 364 g/mol. The summed E-state index contributed by atoms with van der Waals surface area (Å²) in [5.41, 5.74) is 1.85. The molecule has 0 aliphatic carbocycles. The molecule has 152 valence electrons. The summed E-state index contributed by atoms with van der Waals surface area (Å²) in [5, 5.41) is 8.32. The molecule has 1 N–H and O–H groups in total. The van der Waals surface area contributed by atoms with E-state index in [1.165, 1.54) is 4.68 Å². The van der Waals surface area contributed by atoms with Gasteiger partial charge in [0, 0.05) is 29.3 Å². The summed E-state index contributed by atoms with van der Waals surface area (Å²) in [7, 11) is 0. The molecule has 0 saturated heterocycles. The van der Waals surface area contributed by atoms with Crippen LogP contribution in [-0.4, -0.2) is 28.3 Å². The molecule has 3 aromatic rings. The first-order chi connectivity index (χ1) is 13.8. The minimum absolute atomic E-state index is 0.144. The number of carbonyl (C=O) groups is 1. The molecule has 0 bridgehead atoms. The van der Waals surface area contributed by atoms with Crippen molar-refractivity contribution in [3.8, 4) is 0 Å². The van der Waals surface area contributed by atoms with E-state index in [1.807, 2.05) is 38.1 Å². The van der Waals surface area contributed by atoms with E-state index in [4.69, 9.17) is 0 Å². The summed E-state index contributed by atoms with van der Waals surface area (Å²) in [6.07, 6.45) is 0. The van der Waals surface area contributed by atoms with Crippen molar-refractivity contribution in [1.82, 2.24) is 9.78 Å². The van der Waals surface area contributed by atoms with E-state index in [-0.39, 0.29) is 23.2 Å². The summed E-state index contributed by atoms with van der Waals surface area (Å²) >= 11 is 0. The van der Waals surface area contributed by atoms with Crippen LogP contribution in [0.15, 0.2) is 53.3 Å². The maximum atomic E-state index is 13.0. The molecule has 0 atom stereocenters. The summed E-state index contributed by atoms with van der Waals surface area (Å²) in [6, 6.07) is 15.1. The number of rotatable bonds is 6. The third kappa shape index (κ3) is 4.16. The first-order valence-electron chi connectivity index (χ1n) is 10.0. The normalized spacial score (nSPS) is 11.3. The molecule has 0 fully saturated rings. The lowest BCUT2D eigenvalue weighted by Gasteiger charge is -2.27. The summed E-state index contributed by atoms with van der Waals surface area (Å²) in [6.45, 7) is 11.1. The second-order valence-electron chi connectivity index (χ2n) is 7.62. The van der Waals surface area contributed by atoms with Gasteiger partial charge in [0.25, 0.3) is 11.5 Å². The van der Waals surface area contributed by atoms with Gasteiger partial charge in [-0.1, -0.05) is 18.2 Å². The van der Waals surface area contributed by atoms with E-state index in [1.54, 1.807) is 24.3 Å². The number of hydrogen-bond acceptors (Lipinski definition) is 4. The van der Waals surface area contributed by atoms with Crippen molar-refractivity contribution in [3.05, 3.63) is 64.6 Å². The molecule has 0 radical (unpaired) electrons. The highest BCUT2D eigenvalue weighted by atomic mass is 16.2. The lowest BCUT2D eigenvalue weighted by molar-refractivity contribution is 0.102. The van der Waals surface area contributed by atoms with E-state index in [2.05, 4.69) is 36.1 Å². The Balaban J connectivity index is 1.94. The molecule has 1 aromatic heterocycles. The van der Waals surface area contributed by atoms with Gasteiger partial charge in [0.05, 0.1) is 11.4 Å². The predicted molar refractivity (Wildman–Crippen MR) is 119 cm³/mol. The van der Waals surface area contributed by atoms with Crippen LogP contribution in [0.25, 0.3) is 10.8 Å². The second-order valence-corrected chi connectivity index (χ2v) is 7.62. The Kier molecular flexibility index (Phi) is 6.01. The third-order valence-electron chi connectivity index (χ3n) is 4.95. The number of aromatic nitrogens is 2. The van der Waals surface area contributed by atoms with Gasteiger partial charge >= 0.3 is 0 Å². The van der Waals surface area contributed by atoms with Crippen molar-refractivity contribution in [2.75, 3.05) is 16.8 Å². The Morgan fingerprint density at radius 3 is 2.21 bits per heavy atom. The summed E-state index contributed by atoms with van der Waals surface area (Å²) in [4.78, 5) is 27.9. The number of anilines is 2. The van der Waals surface area contributed by atoms with Crippen molar-refractivity contribution < 1.29 is 4.79 Å². The highest BCUT2D eigenvalue weighted by molar-refractivity contribution is 6.11. The lowest BCUT2D eigenvalue weighted by Crippen LogP contribution is -2.30. The van der Waals surface area contributed by atoms with Crippen molar-refractivity contribution in [2.45, 2.75) is 46.7 Å². The van der Waals surface area contributed by atoms with E-state index in [0.717, 1.165) is 12.2 Å². The van der Waals surface area contributed by atoms with Gasteiger partial charge < -0.3 is 10.2 Å². The second kappa shape index (κ2) is 8.47. The highest BCUT2D eigenvalue weighted by Gasteiger charge is 2.18. The molecule has 29 heavy (non-hydrogen) atoms. The monoisotopic (exact) mass is 392 g/mol. The van der Waals surface area contributed by atoms with Crippen LogP contribution in [0.2, 0.25) is 0 Å². The summed E-state index contributed by atoms with van der Waals surface area (Å²) < 4.78 is 1.36. The Labute approximate surface area is 171 Å². The largest absolute Gasteiger partial charge is 0.369 e. The van der Waals surface area contributed by atoms with Gasteiger partial charge in [-0.2, -0.15) is 5.10 Å². The van der Waals surface area contributed by atoms with E-state index >= 15 is 0 Å². The third-order valence-corrected chi connectivity index (χ3v) is 4.95. The lowest BCUT2D eigenvalue weighted by atomic mass is 10.1. The number of nitrogens with zero attached hydrogens (tertiary/aromatic N) is 3. The minimum Gasteiger partial charge on any atom is -0.369 e. The standard InChI is InChI=1S/C23H28N4O2/c1-6-26(15(2)3)18-13-11-17(12-14-18)24-22(28)21-19-9-7-8-10-20(19)23(29)27(25-21)16(4)5/h7-16H,6H2,1-5H3,(H,24,28). The number of amides is 1. The van der Waals surface area contributed by atoms with Gasteiger partial charge in [-0.3, -0.25) is 9.59 Å². The number of fused-ring (bicyclic) bond motifs is 1. The van der Waals surface area contributed by atoms with E-state index < -0.39 is 0 Å². The molecule has 0 unspecified atom stereocenters. The molecule has 6 nitrogen and oxygen atoms in total. The van der Waals surface area contributed by atoms with Crippen molar-refractivity contribution in [3.63, 3.8) is 0 Å². The fourth-order valence-corrected chi connectivity index (χ4v) is 3.50. The molecular formula is C23H28N4O2. The van der Waals surface area contributed by atoms with Gasteiger partial charge in [0.1, 0.15) is 0 Å². The van der Waals surface area contributed by atoms with Crippen LogP contribution in [0.5, 0.6) is 0 Å². The maximum absolute atomic E-state index is 13.0. The van der Waals surface area contributed by atoms with Crippen LogP contribution in [0.3, 0.4) is 0 Å². The molecule has 2 aromatic carbocycles. The average molecular weight is 393 g/mol. The van der Waals surface area contributed by atoms with Crippen LogP contribution in [0, 0.1) is 0 Å². The fourth-order valence-electron chi connectivity index (χ4n) is 3.50. The van der Waals surface area contributed by atoms with Gasteiger partial charge in [0.2, 0.25) is 0 Å². The quantitative estimate of drug-likeness (QED) is 0.672. The SMILES string of the molecule is CCN(c1ccc(NC(=O)c2nn(C(C)C)c(=O)c3ccccc23)cc1)C(C)C. The van der Waals surface area contributed by atoms with Crippen LogP contribution >= 0.6 is 0 Å². The number of nitrogens with one attached hydrogen (secondary N) is 1. The van der Waals surface area contributed by atoms with Crippen molar-refractivity contribution >= 4 is 28.1 Å². The zero-order valence-corrected chi connectivity index (χ0v) is 17.6. The van der Waals surface area contributed by atoms with Crippen molar-refractivity contribution in [2.24, 2.45) is 0 Å². The molecule has 0 aliphatic rings. The minimum atomic E-state index is -0.334. The first kappa shape index (κ1) is 20.6. The van der Waals surface area contributed by atoms with Gasteiger partial charge in [0.15, 0.2) is 5.69 Å². The molecule has 1 amide bonds. The first-order valence-corrected chi connectivity index (χ1v) is 10.0. The molecule has 0 aliphatic heterocycles. The van der Waals surface area contributed by atoms with Gasteiger partial charge in [-0.25, -0.2) is 4.68 Å². The van der Waals surface area contributed by atoms with E-state index in [0.29, 0.717) is 22.5 Å². The molecule has 0 spiro atoms. The highest BCUT2D eigenvalue weighted by Crippen LogP contribution is 2.21. The van der Waals surface area contributed by atoms with Crippen LogP contribution < -0.4 is 15.8 Å².